The summed E-state index contributed by atoms with van der Waals surface area (Å²) in [5.74, 6) is -0.346. The molecule has 2 N–H and O–H groups in total. The van der Waals surface area contributed by atoms with Gasteiger partial charge in [-0.3, -0.25) is 9.63 Å². The molecule has 7 nitrogen and oxygen atoms in total. The molecule has 1 aromatic rings. The van der Waals surface area contributed by atoms with Crippen molar-refractivity contribution in [2.45, 2.75) is 115 Å². The SMILES string of the molecule is CC(C)(C)[Si](C)(C)OCC1(O)C=C2C(NOCc3ccccc3)CC(=O)OC2C1O[Si](C)(C)C(C)(C)C. The fourth-order valence-corrected chi connectivity index (χ4v) is 6.34. The van der Waals surface area contributed by atoms with Crippen LogP contribution in [0.2, 0.25) is 36.3 Å². The number of carbonyl (C=O) groups is 1. The molecule has 0 aromatic heterocycles. The third-order valence-corrected chi connectivity index (χ3v) is 17.5. The minimum absolute atomic E-state index is 0.0144. The van der Waals surface area contributed by atoms with E-state index in [2.05, 4.69) is 73.2 Å². The molecule has 208 valence electrons. The van der Waals surface area contributed by atoms with Gasteiger partial charge in [-0.2, -0.15) is 5.48 Å². The standard InChI is InChI=1S/C28H47NO6Si2/c1-26(2,3)36(7,8)33-19-28(31)17-21-22(29-32-18-20-14-12-11-13-15-20)16-23(30)34-24(21)25(28)35-37(9,10)27(4,5)6/h11-15,17,22,24-25,29,31H,16,18-19H2,1-10H3. The maximum absolute atomic E-state index is 12.7. The molecule has 0 bridgehead atoms. The normalized spacial score (nSPS) is 27.1. The first kappa shape index (κ1) is 30.2. The van der Waals surface area contributed by atoms with Crippen molar-refractivity contribution in [1.82, 2.24) is 5.48 Å². The van der Waals surface area contributed by atoms with Gasteiger partial charge in [0, 0.05) is 0 Å². The zero-order chi connectivity index (χ0) is 27.9. The van der Waals surface area contributed by atoms with Crippen LogP contribution in [-0.4, -0.2) is 58.2 Å². The van der Waals surface area contributed by atoms with Gasteiger partial charge in [0.1, 0.15) is 11.7 Å². The van der Waals surface area contributed by atoms with Crippen LogP contribution in [0.25, 0.3) is 0 Å². The number of benzene rings is 1. The molecule has 1 aliphatic heterocycles. The number of aliphatic hydroxyl groups is 1. The van der Waals surface area contributed by atoms with Crippen LogP contribution in [0.4, 0.5) is 0 Å². The first-order chi connectivity index (χ1) is 16.9. The summed E-state index contributed by atoms with van der Waals surface area (Å²) in [5, 5.41) is 12.0. The maximum Gasteiger partial charge on any atom is 0.308 e. The number of ether oxygens (including phenoxy) is 1. The first-order valence-electron chi connectivity index (χ1n) is 13.2. The van der Waals surface area contributed by atoms with Crippen LogP contribution in [-0.2, 0) is 29.8 Å². The van der Waals surface area contributed by atoms with E-state index in [1.165, 1.54) is 0 Å². The van der Waals surface area contributed by atoms with Gasteiger partial charge < -0.3 is 18.7 Å². The average Bonchev–Trinajstić information content (AvgIpc) is 3.03. The number of fused-ring (bicyclic) bond motifs is 1. The zero-order valence-corrected chi connectivity index (χ0v) is 26.3. The van der Waals surface area contributed by atoms with E-state index in [9.17, 15) is 9.90 Å². The summed E-state index contributed by atoms with van der Waals surface area (Å²) in [6.07, 6.45) is 0.457. The quantitative estimate of drug-likeness (QED) is 0.183. The summed E-state index contributed by atoms with van der Waals surface area (Å²) >= 11 is 0. The summed E-state index contributed by atoms with van der Waals surface area (Å²) < 4.78 is 19.2. The lowest BCUT2D eigenvalue weighted by Crippen LogP contribution is -2.58. The third kappa shape index (κ3) is 6.82. The monoisotopic (exact) mass is 549 g/mol. The van der Waals surface area contributed by atoms with E-state index in [1.54, 1.807) is 6.08 Å². The van der Waals surface area contributed by atoms with E-state index >= 15 is 0 Å². The molecule has 9 heteroatoms. The van der Waals surface area contributed by atoms with Crippen molar-refractivity contribution in [3.63, 3.8) is 0 Å². The molecule has 1 saturated heterocycles. The van der Waals surface area contributed by atoms with Crippen molar-refractivity contribution in [2.75, 3.05) is 6.61 Å². The summed E-state index contributed by atoms with van der Waals surface area (Å²) in [7, 11) is -4.50. The predicted octanol–water partition coefficient (Wildman–Crippen LogP) is 5.48. The minimum Gasteiger partial charge on any atom is -0.455 e. The number of hydrogen-bond donors (Lipinski definition) is 2. The number of esters is 1. The fourth-order valence-electron chi connectivity index (χ4n) is 4.00. The highest BCUT2D eigenvalue weighted by atomic mass is 28.4. The highest BCUT2D eigenvalue weighted by Gasteiger charge is 2.57. The number of rotatable bonds is 9. The zero-order valence-electron chi connectivity index (χ0n) is 24.3. The molecule has 0 saturated carbocycles. The van der Waals surface area contributed by atoms with Crippen LogP contribution in [0.5, 0.6) is 0 Å². The number of nitrogens with one attached hydrogen (secondary N) is 1. The van der Waals surface area contributed by atoms with Crippen molar-refractivity contribution in [3.05, 3.63) is 47.5 Å². The van der Waals surface area contributed by atoms with Crippen LogP contribution in [0.1, 0.15) is 53.5 Å². The molecule has 0 radical (unpaired) electrons. The Morgan fingerprint density at radius 2 is 1.62 bits per heavy atom. The highest BCUT2D eigenvalue weighted by Crippen LogP contribution is 2.46. The lowest BCUT2D eigenvalue weighted by molar-refractivity contribution is -0.164. The summed E-state index contributed by atoms with van der Waals surface area (Å²) in [4.78, 5) is 18.5. The van der Waals surface area contributed by atoms with Gasteiger partial charge in [0.15, 0.2) is 22.7 Å². The molecule has 0 spiro atoms. The fraction of sp³-hybridized carbons (Fsp3) is 0.679. The smallest absolute Gasteiger partial charge is 0.308 e. The Hall–Kier alpha value is -1.34. The van der Waals surface area contributed by atoms with E-state index in [0.717, 1.165) is 11.1 Å². The molecule has 3 rings (SSSR count). The molecule has 1 aromatic carbocycles. The molecule has 2 aliphatic rings. The summed E-state index contributed by atoms with van der Waals surface area (Å²) in [5.41, 5.74) is 3.42. The number of hydrogen-bond acceptors (Lipinski definition) is 7. The van der Waals surface area contributed by atoms with E-state index in [0.29, 0.717) is 6.61 Å². The lowest BCUT2D eigenvalue weighted by atomic mass is 9.97. The molecule has 1 aliphatic carbocycles. The Balaban J connectivity index is 1.89. The summed E-state index contributed by atoms with van der Waals surface area (Å²) in [6.45, 7) is 22.0. The second-order valence-electron chi connectivity index (χ2n) is 13.5. The Bertz CT molecular complexity index is 983. The van der Waals surface area contributed by atoms with Crippen molar-refractivity contribution in [1.29, 1.82) is 0 Å². The van der Waals surface area contributed by atoms with Gasteiger partial charge in [0.25, 0.3) is 0 Å². The van der Waals surface area contributed by atoms with Gasteiger partial charge in [0.2, 0.25) is 0 Å². The van der Waals surface area contributed by atoms with Crippen LogP contribution < -0.4 is 5.48 Å². The Morgan fingerprint density at radius 1 is 1.03 bits per heavy atom. The van der Waals surface area contributed by atoms with Crippen LogP contribution in [0, 0.1) is 0 Å². The number of hydroxylamine groups is 1. The van der Waals surface area contributed by atoms with Gasteiger partial charge in [-0.25, -0.2) is 0 Å². The molecule has 1 fully saturated rings. The second-order valence-corrected chi connectivity index (χ2v) is 23.1. The third-order valence-electron chi connectivity index (χ3n) is 8.55. The maximum atomic E-state index is 12.7. The van der Waals surface area contributed by atoms with Crippen molar-refractivity contribution in [2.24, 2.45) is 0 Å². The Labute approximate surface area is 225 Å². The minimum atomic E-state index is -2.34. The van der Waals surface area contributed by atoms with Crippen molar-refractivity contribution in [3.8, 4) is 0 Å². The van der Waals surface area contributed by atoms with Gasteiger partial charge in [0.05, 0.1) is 25.7 Å². The van der Waals surface area contributed by atoms with Crippen molar-refractivity contribution >= 4 is 22.6 Å². The Kier molecular flexibility index (Phi) is 8.72. The van der Waals surface area contributed by atoms with E-state index in [1.807, 2.05) is 30.3 Å². The van der Waals surface area contributed by atoms with Crippen molar-refractivity contribution < 1.29 is 28.3 Å². The molecule has 1 heterocycles. The van der Waals surface area contributed by atoms with E-state index in [4.69, 9.17) is 18.4 Å². The second kappa shape index (κ2) is 10.7. The molecular formula is C28H47NO6Si2. The predicted molar refractivity (Wildman–Crippen MR) is 151 cm³/mol. The molecule has 37 heavy (non-hydrogen) atoms. The van der Waals surface area contributed by atoms with Gasteiger partial charge in [-0.15, -0.1) is 0 Å². The van der Waals surface area contributed by atoms with Gasteiger partial charge in [-0.1, -0.05) is 71.9 Å². The molecular weight excluding hydrogens is 502 g/mol. The first-order valence-corrected chi connectivity index (χ1v) is 19.1. The average molecular weight is 550 g/mol. The Morgan fingerprint density at radius 3 is 2.19 bits per heavy atom. The largest absolute Gasteiger partial charge is 0.455 e. The summed E-state index contributed by atoms with van der Waals surface area (Å²) in [6, 6.07) is 9.40. The van der Waals surface area contributed by atoms with Gasteiger partial charge >= 0.3 is 5.97 Å². The van der Waals surface area contributed by atoms with Crippen LogP contribution in [0.15, 0.2) is 42.0 Å². The van der Waals surface area contributed by atoms with Crippen LogP contribution >= 0.6 is 0 Å². The van der Waals surface area contributed by atoms with Crippen LogP contribution in [0.3, 0.4) is 0 Å². The molecule has 0 amide bonds. The van der Waals surface area contributed by atoms with E-state index in [-0.39, 0.29) is 29.1 Å². The molecule has 4 unspecified atom stereocenters. The number of carbonyl (C=O) groups excluding carboxylic acids is 1. The van der Waals surface area contributed by atoms with E-state index < -0.39 is 40.5 Å². The lowest BCUT2D eigenvalue weighted by Gasteiger charge is -2.45. The highest BCUT2D eigenvalue weighted by molar-refractivity contribution is 6.74. The topological polar surface area (TPSA) is 86.2 Å². The molecule has 4 atom stereocenters. The van der Waals surface area contributed by atoms with Gasteiger partial charge in [-0.05, 0) is 53.5 Å².